The number of hydrogen-bond donors (Lipinski definition) is 2. The molecule has 1 aliphatic carbocycles. The Morgan fingerprint density at radius 3 is 2.21 bits per heavy atom. The van der Waals surface area contributed by atoms with Gasteiger partial charge in [0.2, 0.25) is 5.91 Å². The Kier molecular flexibility index (Phi) is 8.31. The van der Waals surface area contributed by atoms with E-state index in [1.807, 2.05) is 38.1 Å². The summed E-state index contributed by atoms with van der Waals surface area (Å²) in [6.07, 6.45) is 4.80. The predicted molar refractivity (Wildman–Crippen MR) is 129 cm³/mol. The molecule has 0 fully saturated rings. The summed E-state index contributed by atoms with van der Waals surface area (Å²) in [6.45, 7) is 3.81. The van der Waals surface area contributed by atoms with Crippen LogP contribution in [0.2, 0.25) is 0 Å². The van der Waals surface area contributed by atoms with Crippen LogP contribution in [0, 0.1) is 24.2 Å². The highest BCUT2D eigenvalue weighted by molar-refractivity contribution is 5.82. The SMILES string of the molecule is C#CCN(CC(=O)O)C(=O)CC(CNC(=O)OCC1c2ccccc2-c2ccccc21)C(C)C. The van der Waals surface area contributed by atoms with Gasteiger partial charge in [-0.15, -0.1) is 6.42 Å². The predicted octanol–water partition coefficient (Wildman–Crippen LogP) is 3.73. The van der Waals surface area contributed by atoms with Crippen LogP contribution in [0.4, 0.5) is 4.79 Å². The molecular formula is C27H30N2O5. The van der Waals surface area contributed by atoms with Gasteiger partial charge in [-0.05, 0) is 34.1 Å². The molecule has 2 N–H and O–H groups in total. The van der Waals surface area contributed by atoms with Crippen LogP contribution in [-0.2, 0) is 14.3 Å². The van der Waals surface area contributed by atoms with Gasteiger partial charge in [0.1, 0.15) is 13.2 Å². The fourth-order valence-corrected chi connectivity index (χ4v) is 4.27. The minimum atomic E-state index is -1.12. The number of nitrogens with zero attached hydrogens (tertiary/aromatic N) is 1. The zero-order valence-corrected chi connectivity index (χ0v) is 19.5. The van der Waals surface area contributed by atoms with E-state index in [9.17, 15) is 14.4 Å². The lowest BCUT2D eigenvalue weighted by atomic mass is 9.92. The molecule has 1 atom stereocenters. The van der Waals surface area contributed by atoms with Gasteiger partial charge >= 0.3 is 12.1 Å². The highest BCUT2D eigenvalue weighted by atomic mass is 16.5. The van der Waals surface area contributed by atoms with E-state index in [0.717, 1.165) is 27.2 Å². The van der Waals surface area contributed by atoms with Gasteiger partial charge in [0.25, 0.3) is 0 Å². The molecule has 2 aromatic rings. The van der Waals surface area contributed by atoms with Crippen molar-refractivity contribution in [3.8, 4) is 23.5 Å². The van der Waals surface area contributed by atoms with Crippen molar-refractivity contribution in [3.05, 3.63) is 59.7 Å². The van der Waals surface area contributed by atoms with E-state index in [0.29, 0.717) is 0 Å². The van der Waals surface area contributed by atoms with E-state index in [1.54, 1.807) is 0 Å². The number of carbonyl (C=O) groups excluding carboxylic acids is 2. The summed E-state index contributed by atoms with van der Waals surface area (Å²) in [4.78, 5) is 37.2. The molecule has 0 bridgehead atoms. The number of nitrogens with one attached hydrogen (secondary N) is 1. The number of carbonyl (C=O) groups is 3. The number of benzene rings is 2. The van der Waals surface area contributed by atoms with Crippen molar-refractivity contribution >= 4 is 18.0 Å². The summed E-state index contributed by atoms with van der Waals surface area (Å²) in [5, 5.41) is 11.8. The first-order valence-corrected chi connectivity index (χ1v) is 11.3. The first-order chi connectivity index (χ1) is 16.3. The van der Waals surface area contributed by atoms with Crippen LogP contribution in [0.3, 0.4) is 0 Å². The second-order valence-electron chi connectivity index (χ2n) is 8.76. The lowest BCUT2D eigenvalue weighted by Gasteiger charge is -2.25. The number of terminal acetylenes is 1. The zero-order chi connectivity index (χ0) is 24.7. The minimum absolute atomic E-state index is 0.0334. The quantitative estimate of drug-likeness (QED) is 0.525. The van der Waals surface area contributed by atoms with Crippen molar-refractivity contribution in [2.75, 3.05) is 26.2 Å². The number of rotatable bonds is 10. The Hall–Kier alpha value is -3.79. The van der Waals surface area contributed by atoms with Crippen LogP contribution in [-0.4, -0.2) is 54.2 Å². The smallest absolute Gasteiger partial charge is 0.407 e. The van der Waals surface area contributed by atoms with Crippen LogP contribution >= 0.6 is 0 Å². The third-order valence-corrected chi connectivity index (χ3v) is 6.19. The van der Waals surface area contributed by atoms with Gasteiger partial charge in [-0.2, -0.15) is 0 Å². The van der Waals surface area contributed by atoms with Crippen molar-refractivity contribution < 1.29 is 24.2 Å². The molecule has 0 saturated heterocycles. The summed E-state index contributed by atoms with van der Waals surface area (Å²) in [5.41, 5.74) is 4.58. The molecule has 34 heavy (non-hydrogen) atoms. The van der Waals surface area contributed by atoms with E-state index in [4.69, 9.17) is 16.3 Å². The molecule has 0 aliphatic heterocycles. The van der Waals surface area contributed by atoms with Gasteiger partial charge in [0.05, 0.1) is 6.54 Å². The summed E-state index contributed by atoms with van der Waals surface area (Å²) in [5.74, 6) is 0.693. The molecule has 1 unspecified atom stereocenters. The number of fused-ring (bicyclic) bond motifs is 3. The number of carboxylic acid groups (broad SMARTS) is 1. The average molecular weight is 463 g/mol. The third-order valence-electron chi connectivity index (χ3n) is 6.19. The molecule has 0 radical (unpaired) electrons. The number of amides is 2. The maximum atomic E-state index is 12.6. The Bertz CT molecular complexity index is 1040. The van der Waals surface area contributed by atoms with Gasteiger partial charge < -0.3 is 20.1 Å². The van der Waals surface area contributed by atoms with E-state index >= 15 is 0 Å². The average Bonchev–Trinajstić information content (AvgIpc) is 3.13. The first-order valence-electron chi connectivity index (χ1n) is 11.3. The van der Waals surface area contributed by atoms with Crippen molar-refractivity contribution in [2.45, 2.75) is 26.2 Å². The Morgan fingerprint density at radius 2 is 1.68 bits per heavy atom. The van der Waals surface area contributed by atoms with Crippen LogP contribution in [0.15, 0.2) is 48.5 Å². The molecule has 0 saturated carbocycles. The van der Waals surface area contributed by atoms with Gasteiger partial charge in [-0.3, -0.25) is 9.59 Å². The molecule has 2 aromatic carbocycles. The van der Waals surface area contributed by atoms with Crippen molar-refractivity contribution in [1.82, 2.24) is 10.2 Å². The third kappa shape index (κ3) is 5.96. The van der Waals surface area contributed by atoms with Crippen molar-refractivity contribution in [3.63, 3.8) is 0 Å². The number of alkyl carbamates (subject to hydrolysis) is 1. The summed E-state index contributed by atoms with van der Waals surface area (Å²) in [6, 6.07) is 16.2. The highest BCUT2D eigenvalue weighted by Crippen LogP contribution is 2.44. The zero-order valence-electron chi connectivity index (χ0n) is 19.5. The van der Waals surface area contributed by atoms with Crippen molar-refractivity contribution in [2.24, 2.45) is 11.8 Å². The summed E-state index contributed by atoms with van der Waals surface area (Å²) < 4.78 is 5.56. The molecule has 1 aliphatic rings. The standard InChI is InChI=1S/C27H30N2O5/c1-4-13-29(16-26(31)32)25(30)14-19(18(2)3)15-28-27(33)34-17-24-22-11-7-5-9-20(22)21-10-6-8-12-23(21)24/h1,5-12,18-19,24H,13-17H2,2-3H3,(H,28,33)(H,31,32). The van der Waals surface area contributed by atoms with E-state index in [2.05, 4.69) is 35.5 Å². The van der Waals surface area contributed by atoms with E-state index < -0.39 is 18.6 Å². The number of hydrogen-bond acceptors (Lipinski definition) is 4. The maximum absolute atomic E-state index is 12.6. The van der Waals surface area contributed by atoms with Crippen LogP contribution in [0.25, 0.3) is 11.1 Å². The fourth-order valence-electron chi connectivity index (χ4n) is 4.27. The molecule has 3 rings (SSSR count). The normalized spacial score (nSPS) is 12.9. The molecule has 0 aromatic heterocycles. The molecule has 2 amide bonds. The van der Waals surface area contributed by atoms with Gasteiger partial charge in [0, 0.05) is 18.9 Å². The van der Waals surface area contributed by atoms with E-state index in [1.165, 1.54) is 0 Å². The summed E-state index contributed by atoms with van der Waals surface area (Å²) >= 11 is 0. The monoisotopic (exact) mass is 462 g/mol. The molecule has 0 heterocycles. The fraction of sp³-hybridized carbons (Fsp3) is 0.370. The van der Waals surface area contributed by atoms with Gasteiger partial charge in [-0.1, -0.05) is 68.3 Å². The second-order valence-corrected chi connectivity index (χ2v) is 8.76. The largest absolute Gasteiger partial charge is 0.480 e. The molecular weight excluding hydrogens is 432 g/mol. The second kappa shape index (κ2) is 11.4. The highest BCUT2D eigenvalue weighted by Gasteiger charge is 2.29. The van der Waals surface area contributed by atoms with E-state index in [-0.39, 0.29) is 49.8 Å². The molecule has 0 spiro atoms. The lowest BCUT2D eigenvalue weighted by Crippen LogP contribution is -2.40. The lowest BCUT2D eigenvalue weighted by molar-refractivity contribution is -0.144. The topological polar surface area (TPSA) is 95.9 Å². The van der Waals surface area contributed by atoms with Crippen LogP contribution < -0.4 is 5.32 Å². The molecule has 7 nitrogen and oxygen atoms in total. The first kappa shape index (κ1) is 24.8. The molecule has 7 heteroatoms. The Labute approximate surface area is 200 Å². The number of carboxylic acids is 1. The summed E-state index contributed by atoms with van der Waals surface area (Å²) in [7, 11) is 0. The Morgan fingerprint density at radius 1 is 1.09 bits per heavy atom. The number of aliphatic carboxylic acids is 1. The maximum Gasteiger partial charge on any atom is 0.407 e. The minimum Gasteiger partial charge on any atom is -0.480 e. The molecule has 178 valence electrons. The van der Waals surface area contributed by atoms with Crippen LogP contribution in [0.5, 0.6) is 0 Å². The number of ether oxygens (including phenoxy) is 1. The van der Waals surface area contributed by atoms with Gasteiger partial charge in [-0.25, -0.2) is 4.79 Å². The van der Waals surface area contributed by atoms with Crippen LogP contribution in [0.1, 0.15) is 37.3 Å². The Balaban J connectivity index is 1.57. The van der Waals surface area contributed by atoms with Crippen molar-refractivity contribution in [1.29, 1.82) is 0 Å². The van der Waals surface area contributed by atoms with Gasteiger partial charge in [0.15, 0.2) is 0 Å².